The van der Waals surface area contributed by atoms with Gasteiger partial charge < -0.3 is 20.3 Å². The van der Waals surface area contributed by atoms with E-state index in [2.05, 4.69) is 22.5 Å². The van der Waals surface area contributed by atoms with Gasteiger partial charge >= 0.3 is 0 Å². The van der Waals surface area contributed by atoms with Crippen LogP contribution >= 0.6 is 12.4 Å². The fourth-order valence-corrected chi connectivity index (χ4v) is 3.20. The number of carbonyl (C=O) groups is 1. The Morgan fingerprint density at radius 2 is 2.14 bits per heavy atom. The van der Waals surface area contributed by atoms with Crippen molar-refractivity contribution < 1.29 is 9.53 Å². The molecular formula is C15H30ClN3O2. The van der Waals surface area contributed by atoms with Crippen LogP contribution in [0.25, 0.3) is 0 Å². The zero-order valence-electron chi connectivity index (χ0n) is 13.3. The Balaban J connectivity index is 0.00000220. The molecule has 2 saturated heterocycles. The van der Waals surface area contributed by atoms with Crippen LogP contribution in [0, 0.1) is 11.3 Å². The maximum absolute atomic E-state index is 12.4. The Hall–Kier alpha value is -0.360. The third-order valence-electron chi connectivity index (χ3n) is 4.74. The SMILES string of the molecule is COCC1(C(=O)NCCN2CCC(C)CC2)CCNC1.Cl. The average molecular weight is 320 g/mol. The number of piperidine rings is 1. The molecule has 1 atom stereocenters. The second kappa shape index (κ2) is 8.93. The van der Waals surface area contributed by atoms with Crippen LogP contribution in [0.5, 0.6) is 0 Å². The van der Waals surface area contributed by atoms with Gasteiger partial charge in [-0.25, -0.2) is 0 Å². The molecular weight excluding hydrogens is 290 g/mol. The molecule has 5 nitrogen and oxygen atoms in total. The van der Waals surface area contributed by atoms with E-state index in [1.807, 2.05) is 0 Å². The van der Waals surface area contributed by atoms with Crippen LogP contribution in [0.2, 0.25) is 0 Å². The monoisotopic (exact) mass is 319 g/mol. The summed E-state index contributed by atoms with van der Waals surface area (Å²) in [6.07, 6.45) is 3.44. The first-order valence-corrected chi connectivity index (χ1v) is 7.86. The molecule has 0 aromatic heterocycles. The van der Waals surface area contributed by atoms with Gasteiger partial charge in [0.2, 0.25) is 5.91 Å². The highest BCUT2D eigenvalue weighted by Gasteiger charge is 2.41. The Kier molecular flexibility index (Phi) is 7.95. The molecule has 0 radical (unpaired) electrons. The molecule has 2 N–H and O–H groups in total. The fourth-order valence-electron chi connectivity index (χ4n) is 3.20. The largest absolute Gasteiger partial charge is 0.384 e. The highest BCUT2D eigenvalue weighted by Crippen LogP contribution is 2.26. The van der Waals surface area contributed by atoms with Gasteiger partial charge in [-0.1, -0.05) is 6.92 Å². The lowest BCUT2D eigenvalue weighted by Gasteiger charge is -2.31. The number of nitrogens with zero attached hydrogens (tertiary/aromatic N) is 1. The van der Waals surface area contributed by atoms with Crippen molar-refractivity contribution in [3.63, 3.8) is 0 Å². The number of likely N-dealkylation sites (tertiary alicyclic amines) is 1. The van der Waals surface area contributed by atoms with E-state index in [1.54, 1.807) is 7.11 Å². The quantitative estimate of drug-likeness (QED) is 0.763. The molecule has 2 fully saturated rings. The molecule has 124 valence electrons. The van der Waals surface area contributed by atoms with Crippen LogP contribution in [0.15, 0.2) is 0 Å². The minimum Gasteiger partial charge on any atom is -0.384 e. The summed E-state index contributed by atoms with van der Waals surface area (Å²) in [5.41, 5.74) is -0.356. The van der Waals surface area contributed by atoms with E-state index < -0.39 is 0 Å². The molecule has 0 bridgehead atoms. The first-order chi connectivity index (χ1) is 9.66. The number of carbonyl (C=O) groups excluding carboxylic acids is 1. The molecule has 2 aliphatic rings. The van der Waals surface area contributed by atoms with Crippen molar-refractivity contribution in [2.45, 2.75) is 26.2 Å². The summed E-state index contributed by atoms with van der Waals surface area (Å²) in [7, 11) is 1.67. The van der Waals surface area contributed by atoms with E-state index in [0.29, 0.717) is 6.61 Å². The number of amides is 1. The molecule has 2 heterocycles. The van der Waals surface area contributed by atoms with Gasteiger partial charge in [-0.05, 0) is 44.8 Å². The topological polar surface area (TPSA) is 53.6 Å². The first kappa shape index (κ1) is 18.7. The Morgan fingerprint density at radius 3 is 2.71 bits per heavy atom. The number of hydrogen-bond acceptors (Lipinski definition) is 4. The lowest BCUT2D eigenvalue weighted by atomic mass is 9.87. The van der Waals surface area contributed by atoms with E-state index in [1.165, 1.54) is 25.9 Å². The van der Waals surface area contributed by atoms with E-state index in [4.69, 9.17) is 4.74 Å². The van der Waals surface area contributed by atoms with Gasteiger partial charge in [0.05, 0.1) is 12.0 Å². The van der Waals surface area contributed by atoms with E-state index in [0.717, 1.165) is 38.5 Å². The van der Waals surface area contributed by atoms with Crippen molar-refractivity contribution in [2.24, 2.45) is 11.3 Å². The number of rotatable bonds is 6. The average Bonchev–Trinajstić information content (AvgIpc) is 2.91. The standard InChI is InChI=1S/C15H29N3O2.ClH/c1-13-3-8-18(9-4-13)10-7-17-14(19)15(12-20-2)5-6-16-11-15;/h13,16H,3-12H2,1-2H3,(H,17,19);1H. The van der Waals surface area contributed by atoms with E-state index in [9.17, 15) is 4.79 Å². The van der Waals surface area contributed by atoms with Crippen molar-refractivity contribution in [2.75, 3.05) is 53.0 Å². The van der Waals surface area contributed by atoms with Gasteiger partial charge in [0.15, 0.2) is 0 Å². The second-order valence-electron chi connectivity index (χ2n) is 6.42. The summed E-state index contributed by atoms with van der Waals surface area (Å²) in [5, 5.41) is 6.38. The minimum atomic E-state index is -0.356. The smallest absolute Gasteiger partial charge is 0.229 e. The van der Waals surface area contributed by atoms with Gasteiger partial charge in [-0.2, -0.15) is 0 Å². The molecule has 0 saturated carbocycles. The highest BCUT2D eigenvalue weighted by molar-refractivity contribution is 5.85. The first-order valence-electron chi connectivity index (χ1n) is 7.86. The number of hydrogen-bond donors (Lipinski definition) is 2. The molecule has 0 aromatic carbocycles. The van der Waals surface area contributed by atoms with Crippen LogP contribution in [0.3, 0.4) is 0 Å². The molecule has 1 amide bonds. The van der Waals surface area contributed by atoms with Crippen LogP contribution < -0.4 is 10.6 Å². The van der Waals surface area contributed by atoms with Crippen LogP contribution in [-0.2, 0) is 9.53 Å². The Morgan fingerprint density at radius 1 is 1.43 bits per heavy atom. The molecule has 21 heavy (non-hydrogen) atoms. The van der Waals surface area contributed by atoms with Gasteiger partial charge in [-0.3, -0.25) is 4.79 Å². The molecule has 2 rings (SSSR count). The molecule has 0 aliphatic carbocycles. The lowest BCUT2D eigenvalue weighted by molar-refractivity contribution is -0.133. The summed E-state index contributed by atoms with van der Waals surface area (Å²) < 4.78 is 5.25. The lowest BCUT2D eigenvalue weighted by Crippen LogP contribution is -2.48. The number of halogens is 1. The van der Waals surface area contributed by atoms with Crippen molar-refractivity contribution in [3.05, 3.63) is 0 Å². The predicted octanol–water partition coefficient (Wildman–Crippen LogP) is 0.882. The van der Waals surface area contributed by atoms with Crippen molar-refractivity contribution in [1.82, 2.24) is 15.5 Å². The summed E-state index contributed by atoms with van der Waals surface area (Å²) in [6, 6.07) is 0. The van der Waals surface area contributed by atoms with Crippen molar-refractivity contribution in [3.8, 4) is 0 Å². The van der Waals surface area contributed by atoms with Gasteiger partial charge in [0, 0.05) is 26.7 Å². The summed E-state index contributed by atoms with van der Waals surface area (Å²) >= 11 is 0. The third-order valence-corrected chi connectivity index (χ3v) is 4.74. The molecule has 1 unspecified atom stereocenters. The summed E-state index contributed by atoms with van der Waals surface area (Å²) in [5.74, 6) is 1.00. The number of ether oxygens (including phenoxy) is 1. The van der Waals surface area contributed by atoms with Crippen molar-refractivity contribution >= 4 is 18.3 Å². The fraction of sp³-hybridized carbons (Fsp3) is 0.933. The third kappa shape index (κ3) is 5.09. The number of methoxy groups -OCH3 is 1. The predicted molar refractivity (Wildman–Crippen MR) is 86.9 cm³/mol. The minimum absolute atomic E-state index is 0. The molecule has 6 heteroatoms. The van der Waals surface area contributed by atoms with Crippen LogP contribution in [0.1, 0.15) is 26.2 Å². The molecule has 0 aromatic rings. The van der Waals surface area contributed by atoms with E-state index in [-0.39, 0.29) is 23.7 Å². The Labute approximate surface area is 134 Å². The molecule has 2 aliphatic heterocycles. The van der Waals surface area contributed by atoms with E-state index >= 15 is 0 Å². The molecule has 0 spiro atoms. The normalized spacial score (nSPS) is 27.3. The van der Waals surface area contributed by atoms with Gasteiger partial charge in [0.25, 0.3) is 0 Å². The van der Waals surface area contributed by atoms with Gasteiger partial charge in [0.1, 0.15) is 0 Å². The summed E-state index contributed by atoms with van der Waals surface area (Å²) in [6.45, 7) is 8.51. The highest BCUT2D eigenvalue weighted by atomic mass is 35.5. The Bertz CT molecular complexity index is 314. The second-order valence-corrected chi connectivity index (χ2v) is 6.42. The number of nitrogens with one attached hydrogen (secondary N) is 2. The maximum atomic E-state index is 12.4. The van der Waals surface area contributed by atoms with Crippen molar-refractivity contribution in [1.29, 1.82) is 0 Å². The zero-order chi connectivity index (χ0) is 14.4. The van der Waals surface area contributed by atoms with Crippen LogP contribution in [0.4, 0.5) is 0 Å². The van der Waals surface area contributed by atoms with Crippen LogP contribution in [-0.4, -0.2) is 63.8 Å². The summed E-state index contributed by atoms with van der Waals surface area (Å²) in [4.78, 5) is 14.9. The zero-order valence-corrected chi connectivity index (χ0v) is 14.1. The van der Waals surface area contributed by atoms with Gasteiger partial charge in [-0.15, -0.1) is 12.4 Å². The maximum Gasteiger partial charge on any atom is 0.229 e.